The summed E-state index contributed by atoms with van der Waals surface area (Å²) in [5.41, 5.74) is 5.01. The number of nitrogens with two attached hydrogens (primary N) is 1. The van der Waals surface area contributed by atoms with E-state index >= 15 is 0 Å². The average Bonchev–Trinajstić information content (AvgIpc) is 2.83. The minimum atomic E-state index is -0.678. The van der Waals surface area contributed by atoms with Gasteiger partial charge >= 0.3 is 12.1 Å². The van der Waals surface area contributed by atoms with Crippen LogP contribution in [0.5, 0.6) is 0 Å². The number of rotatable bonds is 8. The van der Waals surface area contributed by atoms with Gasteiger partial charge in [-0.2, -0.15) is 0 Å². The number of ether oxygens (including phenoxy) is 2. The van der Waals surface area contributed by atoms with Crippen LogP contribution in [0.15, 0.2) is 26.5 Å². The Morgan fingerprint density at radius 3 is 2.71 bits per heavy atom. The first-order valence-corrected chi connectivity index (χ1v) is 12.0. The summed E-state index contributed by atoms with van der Waals surface area (Å²) in [6, 6.07) is -0.372. The number of carbonyl (C=O) groups excluding carboxylic acids is 2. The van der Waals surface area contributed by atoms with Gasteiger partial charge in [-0.15, -0.1) is 0 Å². The molecule has 34 heavy (non-hydrogen) atoms. The van der Waals surface area contributed by atoms with E-state index in [9.17, 15) is 14.0 Å². The Bertz CT molecular complexity index is 834. The minimum Gasteiger partial charge on any atom is -0.469 e. The molecule has 2 unspecified atom stereocenters. The van der Waals surface area contributed by atoms with E-state index in [0.717, 1.165) is 5.04 Å². The first-order valence-electron chi connectivity index (χ1n) is 11.0. The van der Waals surface area contributed by atoms with E-state index in [-0.39, 0.29) is 31.4 Å². The number of nitrogens with zero attached hydrogens (tertiary/aromatic N) is 4. The van der Waals surface area contributed by atoms with Gasteiger partial charge in [-0.1, -0.05) is 18.7 Å². The van der Waals surface area contributed by atoms with Crippen LogP contribution in [0.3, 0.4) is 0 Å². The number of hydrogen-bond donors (Lipinski definition) is 2. The highest BCUT2D eigenvalue weighted by Crippen LogP contribution is 2.16. The van der Waals surface area contributed by atoms with Crippen molar-refractivity contribution in [1.29, 1.82) is 0 Å². The van der Waals surface area contributed by atoms with Gasteiger partial charge in [-0.25, -0.2) is 9.18 Å². The van der Waals surface area contributed by atoms with Gasteiger partial charge in [-0.3, -0.25) is 19.8 Å². The van der Waals surface area contributed by atoms with Gasteiger partial charge in [0.05, 0.1) is 42.5 Å². The normalized spacial score (nSPS) is 20.5. The van der Waals surface area contributed by atoms with Crippen LogP contribution >= 0.6 is 11.8 Å². The van der Waals surface area contributed by atoms with Gasteiger partial charge < -0.3 is 25.4 Å². The number of aliphatic imine (C=N–C) groups is 3. The summed E-state index contributed by atoms with van der Waals surface area (Å²) < 4.78 is 23.6. The highest BCUT2D eigenvalue weighted by atomic mass is 32.2. The fourth-order valence-electron chi connectivity index (χ4n) is 2.71. The third-order valence-electron chi connectivity index (χ3n) is 4.55. The number of thioether (sulfide) groups is 1. The molecule has 0 radical (unpaired) electrons. The van der Waals surface area contributed by atoms with E-state index in [1.54, 1.807) is 27.7 Å². The molecule has 12 heteroatoms. The molecule has 0 aliphatic carbocycles. The Morgan fingerprint density at radius 1 is 1.44 bits per heavy atom. The summed E-state index contributed by atoms with van der Waals surface area (Å²) in [4.78, 5) is 39.5. The van der Waals surface area contributed by atoms with Crippen LogP contribution in [0.4, 0.5) is 9.18 Å². The van der Waals surface area contributed by atoms with E-state index in [4.69, 9.17) is 20.2 Å². The van der Waals surface area contributed by atoms with Crippen LogP contribution in [-0.2, 0) is 14.3 Å². The van der Waals surface area contributed by atoms with Crippen LogP contribution in [0.2, 0.25) is 0 Å². The van der Waals surface area contributed by atoms with E-state index in [1.807, 2.05) is 6.92 Å². The second kappa shape index (κ2) is 13.9. The minimum absolute atomic E-state index is 0.00131. The number of amides is 1. The zero-order valence-electron chi connectivity index (χ0n) is 21.1. The molecule has 0 aromatic heterocycles. The molecule has 0 bridgehead atoms. The molecule has 0 fully saturated rings. The first-order chi connectivity index (χ1) is 15.8. The zero-order valence-corrected chi connectivity index (χ0v) is 21.9. The number of amidine groups is 1. The fourth-order valence-corrected chi connectivity index (χ4v) is 3.48. The molecule has 1 amide bonds. The lowest BCUT2D eigenvalue weighted by atomic mass is 10.1. The van der Waals surface area contributed by atoms with Gasteiger partial charge in [0, 0.05) is 19.5 Å². The van der Waals surface area contributed by atoms with Crippen molar-refractivity contribution in [1.82, 2.24) is 10.2 Å². The van der Waals surface area contributed by atoms with Crippen molar-refractivity contribution in [2.75, 3.05) is 32.6 Å². The highest BCUT2D eigenvalue weighted by Gasteiger charge is 2.26. The first kappa shape index (κ1) is 29.4. The number of esters is 1. The smallest absolute Gasteiger partial charge is 0.410 e. The molecule has 0 saturated carbocycles. The maximum Gasteiger partial charge on any atom is 0.410 e. The van der Waals surface area contributed by atoms with Crippen LogP contribution in [0, 0.1) is 5.92 Å². The summed E-state index contributed by atoms with van der Waals surface area (Å²) in [5.74, 6) is -0.484. The molecule has 2 atom stereocenters. The Labute approximate surface area is 205 Å². The van der Waals surface area contributed by atoms with Gasteiger partial charge in [0.25, 0.3) is 0 Å². The third-order valence-corrected chi connectivity index (χ3v) is 5.47. The summed E-state index contributed by atoms with van der Waals surface area (Å²) in [6.45, 7) is 10.6. The number of methoxy groups -OCH3 is 1. The molecule has 1 aliphatic heterocycles. The summed E-state index contributed by atoms with van der Waals surface area (Å²) in [6.07, 6.45) is 1.43. The predicted molar refractivity (Wildman–Crippen MR) is 135 cm³/mol. The van der Waals surface area contributed by atoms with E-state index in [0.29, 0.717) is 18.1 Å². The molecule has 0 saturated heterocycles. The summed E-state index contributed by atoms with van der Waals surface area (Å²) in [5, 5.41) is 3.74. The lowest BCUT2D eigenvalue weighted by Crippen LogP contribution is -2.41. The molecule has 1 heterocycles. The molecule has 1 aliphatic rings. The molecule has 192 valence electrons. The van der Waals surface area contributed by atoms with Crippen molar-refractivity contribution in [2.45, 2.75) is 59.6 Å². The quantitative estimate of drug-likeness (QED) is 0.490. The Morgan fingerprint density at radius 2 is 2.12 bits per heavy atom. The number of nitrogens with one attached hydrogen (secondary N) is 1. The van der Waals surface area contributed by atoms with Gasteiger partial charge in [-0.05, 0) is 34.6 Å². The molecule has 1 rings (SSSR count). The van der Waals surface area contributed by atoms with Gasteiger partial charge in [0.1, 0.15) is 23.3 Å². The van der Waals surface area contributed by atoms with Crippen molar-refractivity contribution >= 4 is 41.0 Å². The van der Waals surface area contributed by atoms with Crippen molar-refractivity contribution in [3.05, 3.63) is 11.5 Å². The predicted octanol–water partition coefficient (Wildman–Crippen LogP) is 3.09. The molecule has 0 aromatic rings. The van der Waals surface area contributed by atoms with Crippen molar-refractivity contribution in [3.8, 4) is 0 Å². The zero-order chi connectivity index (χ0) is 25.9. The number of hydrogen-bond acceptors (Lipinski definition) is 9. The second-order valence-electron chi connectivity index (χ2n) is 8.79. The van der Waals surface area contributed by atoms with Gasteiger partial charge in [0.2, 0.25) is 0 Å². The van der Waals surface area contributed by atoms with Gasteiger partial charge in [0.15, 0.2) is 0 Å². The number of allylic oxidation sites excluding steroid dienone is 1. The highest BCUT2D eigenvalue weighted by molar-refractivity contribution is 8.13. The SMILES string of the molecule is COC(=O)C(C)CN(CCC1=NC(C)C(=NC/C(N)=C(/C)F)N/C=N\CS1)C(=O)OC(C)(C)C. The molecular weight excluding hydrogens is 463 g/mol. The molecule has 10 nitrogen and oxygen atoms in total. The lowest BCUT2D eigenvalue weighted by Gasteiger charge is -2.29. The number of carbonyl (C=O) groups is 2. The van der Waals surface area contributed by atoms with E-state index < -0.39 is 29.4 Å². The van der Waals surface area contributed by atoms with Crippen molar-refractivity contribution in [3.63, 3.8) is 0 Å². The topological polar surface area (TPSA) is 131 Å². The molecule has 0 aromatic carbocycles. The van der Waals surface area contributed by atoms with Crippen molar-refractivity contribution in [2.24, 2.45) is 26.6 Å². The maximum absolute atomic E-state index is 13.3. The summed E-state index contributed by atoms with van der Waals surface area (Å²) in [7, 11) is 1.31. The fraction of sp³-hybridized carbons (Fsp3) is 0.682. The van der Waals surface area contributed by atoms with Crippen LogP contribution in [-0.4, -0.2) is 78.4 Å². The number of halogens is 1. The lowest BCUT2D eigenvalue weighted by molar-refractivity contribution is -0.145. The Kier molecular flexibility index (Phi) is 12.0. The van der Waals surface area contributed by atoms with E-state index in [2.05, 4.69) is 15.3 Å². The Hall–Kier alpha value is -2.63. The molecule has 0 spiro atoms. The third kappa shape index (κ3) is 11.0. The largest absolute Gasteiger partial charge is 0.469 e. The maximum atomic E-state index is 13.3. The monoisotopic (exact) mass is 500 g/mol. The Balaban J connectivity index is 3.03. The van der Waals surface area contributed by atoms with Crippen molar-refractivity contribution < 1.29 is 23.5 Å². The van der Waals surface area contributed by atoms with Crippen LogP contribution in [0.1, 0.15) is 48.0 Å². The average molecular weight is 501 g/mol. The molecular formula is C22H37FN6O4S. The summed E-state index contributed by atoms with van der Waals surface area (Å²) >= 11 is 1.43. The van der Waals surface area contributed by atoms with Crippen LogP contribution < -0.4 is 11.1 Å². The standard InChI is InChI=1S/C22H37FN6O4S/c1-14(20(30)32-7)11-29(21(31)33-22(4,5)6)9-8-18-28-16(3)19(27-12-25-13-34-18)26-10-17(24)15(2)23/h12,14,16H,8-11,13,24H2,1-7H3,(H,25,26,27)/b17-15+,28-18?. The molecule has 3 N–H and O–H groups in total. The second-order valence-corrected chi connectivity index (χ2v) is 9.81. The van der Waals surface area contributed by atoms with Crippen LogP contribution in [0.25, 0.3) is 0 Å². The van der Waals surface area contributed by atoms with E-state index in [1.165, 1.54) is 37.0 Å².